The van der Waals surface area contributed by atoms with Crippen LogP contribution in [0.1, 0.15) is 53.0 Å². The third-order valence-electron chi connectivity index (χ3n) is 8.04. The molecule has 0 bridgehead atoms. The fourth-order valence-electron chi connectivity index (χ4n) is 5.94. The van der Waals surface area contributed by atoms with Crippen molar-refractivity contribution in [3.8, 4) is 0 Å². The van der Waals surface area contributed by atoms with Gasteiger partial charge >= 0.3 is 11.9 Å². The number of ether oxygens (including phenoxy) is 1. The van der Waals surface area contributed by atoms with E-state index >= 15 is 0 Å². The Morgan fingerprint density at radius 3 is 1.87 bits per heavy atom. The van der Waals surface area contributed by atoms with E-state index in [0.717, 1.165) is 43.4 Å². The van der Waals surface area contributed by atoms with E-state index in [1.807, 2.05) is 79.7 Å². The molecule has 0 fully saturated rings. The molecule has 0 saturated carbocycles. The van der Waals surface area contributed by atoms with Crippen molar-refractivity contribution in [1.82, 2.24) is 4.57 Å². The van der Waals surface area contributed by atoms with Gasteiger partial charge in [0.15, 0.2) is 5.78 Å². The van der Waals surface area contributed by atoms with Crippen molar-refractivity contribution in [2.24, 2.45) is 5.16 Å². The smallest absolute Gasteiger partial charge is 0.331 e. The lowest BCUT2D eigenvalue weighted by molar-refractivity contribution is -0.141. The molecule has 5 aromatic carbocycles. The van der Waals surface area contributed by atoms with E-state index in [2.05, 4.69) is 15.8 Å². The van der Waals surface area contributed by atoms with Gasteiger partial charge in [0.05, 0.1) is 13.5 Å². The van der Waals surface area contributed by atoms with Gasteiger partial charge in [-0.25, -0.2) is 4.79 Å². The molecular formula is C37H30N2O6. The second kappa shape index (κ2) is 12.2. The Morgan fingerprint density at radius 2 is 1.29 bits per heavy atom. The highest BCUT2D eigenvalue weighted by atomic mass is 16.7. The standard InChI is InChI=1S/C37H30N2O6/c1-4-39-32-16-13-25(36(42)31(38-45-22(2)40)15-18-34(41)44-3)20-29(32)30-21-26(14-17-33(30)39)37(43)35-27-11-7-5-9-23(27)19-24-10-6-8-12-28(24)35/h5-14,16-17,19-21H,4,15,18H2,1-3H3/b38-31-. The van der Waals surface area contributed by atoms with Gasteiger partial charge in [-0.05, 0) is 70.9 Å². The van der Waals surface area contributed by atoms with E-state index < -0.39 is 17.7 Å². The van der Waals surface area contributed by atoms with E-state index in [4.69, 9.17) is 9.57 Å². The van der Waals surface area contributed by atoms with E-state index in [9.17, 15) is 19.2 Å². The number of nitrogens with zero attached hydrogens (tertiary/aromatic N) is 2. The van der Waals surface area contributed by atoms with E-state index in [1.165, 1.54) is 14.0 Å². The highest BCUT2D eigenvalue weighted by Gasteiger charge is 2.22. The van der Waals surface area contributed by atoms with Gasteiger partial charge in [0, 0.05) is 58.4 Å². The van der Waals surface area contributed by atoms with Crippen LogP contribution in [0.15, 0.2) is 96.2 Å². The molecule has 0 aliphatic rings. The third kappa shape index (κ3) is 5.47. The second-order valence-electron chi connectivity index (χ2n) is 10.8. The zero-order chi connectivity index (χ0) is 31.7. The maximum atomic E-state index is 14.3. The van der Waals surface area contributed by atoms with Crippen LogP contribution in [-0.2, 0) is 25.7 Å². The van der Waals surface area contributed by atoms with Crippen LogP contribution in [-0.4, -0.2) is 40.9 Å². The number of hydrogen-bond donors (Lipinski definition) is 0. The van der Waals surface area contributed by atoms with Gasteiger partial charge in [-0.1, -0.05) is 53.7 Å². The Morgan fingerprint density at radius 1 is 0.711 bits per heavy atom. The molecule has 0 saturated heterocycles. The molecule has 0 amide bonds. The van der Waals surface area contributed by atoms with Gasteiger partial charge in [-0.3, -0.25) is 14.4 Å². The number of oxime groups is 1. The molecule has 0 aliphatic carbocycles. The molecule has 6 aromatic rings. The summed E-state index contributed by atoms with van der Waals surface area (Å²) in [6.45, 7) is 3.89. The van der Waals surface area contributed by atoms with Crippen LogP contribution in [0.4, 0.5) is 0 Å². The van der Waals surface area contributed by atoms with Gasteiger partial charge in [-0.15, -0.1) is 0 Å². The summed E-state index contributed by atoms with van der Waals surface area (Å²) in [6.07, 6.45) is -0.167. The van der Waals surface area contributed by atoms with Crippen molar-refractivity contribution in [2.75, 3.05) is 7.11 Å². The lowest BCUT2D eigenvalue weighted by Gasteiger charge is -2.11. The third-order valence-corrected chi connectivity index (χ3v) is 8.04. The minimum atomic E-state index is -0.684. The van der Waals surface area contributed by atoms with Crippen LogP contribution in [0.25, 0.3) is 43.4 Å². The molecule has 224 valence electrons. The summed E-state index contributed by atoms with van der Waals surface area (Å²) in [4.78, 5) is 55.9. The molecule has 0 unspecified atom stereocenters. The number of esters is 1. The Hall–Kier alpha value is -5.63. The zero-order valence-corrected chi connectivity index (χ0v) is 25.1. The van der Waals surface area contributed by atoms with Crippen molar-refractivity contribution < 1.29 is 28.8 Å². The lowest BCUT2D eigenvalue weighted by atomic mass is 9.91. The number of carbonyl (C=O) groups is 4. The summed E-state index contributed by atoms with van der Waals surface area (Å²) >= 11 is 0. The Balaban J connectivity index is 1.48. The number of aryl methyl sites for hydroxylation is 1. The van der Waals surface area contributed by atoms with Crippen LogP contribution < -0.4 is 0 Å². The molecule has 8 nitrogen and oxygen atoms in total. The monoisotopic (exact) mass is 598 g/mol. The average molecular weight is 599 g/mol. The predicted octanol–water partition coefficient (Wildman–Crippen LogP) is 7.41. The van der Waals surface area contributed by atoms with Crippen molar-refractivity contribution in [3.63, 3.8) is 0 Å². The van der Waals surface area contributed by atoms with Gasteiger partial charge in [-0.2, -0.15) is 0 Å². The van der Waals surface area contributed by atoms with Gasteiger partial charge in [0.1, 0.15) is 5.71 Å². The number of aromatic nitrogens is 1. The fourth-order valence-corrected chi connectivity index (χ4v) is 5.94. The summed E-state index contributed by atoms with van der Waals surface area (Å²) < 4.78 is 6.83. The van der Waals surface area contributed by atoms with Crippen LogP contribution in [0.2, 0.25) is 0 Å². The lowest BCUT2D eigenvalue weighted by Crippen LogP contribution is -2.17. The molecule has 0 atom stereocenters. The van der Waals surface area contributed by atoms with Crippen LogP contribution in [0, 0.1) is 0 Å². The molecule has 0 N–H and O–H groups in total. The molecule has 45 heavy (non-hydrogen) atoms. The largest absolute Gasteiger partial charge is 0.469 e. The number of benzene rings is 5. The minimum absolute atomic E-state index is 0.0643. The summed E-state index contributed by atoms with van der Waals surface area (Å²) in [7, 11) is 1.26. The maximum absolute atomic E-state index is 14.3. The first-order valence-electron chi connectivity index (χ1n) is 14.7. The Labute approximate surface area is 258 Å². The molecule has 1 aromatic heterocycles. The van der Waals surface area contributed by atoms with Crippen molar-refractivity contribution in [2.45, 2.75) is 33.2 Å². The number of ketones is 2. The quantitative estimate of drug-likeness (QED) is 0.0429. The number of hydrogen-bond acceptors (Lipinski definition) is 7. The Kier molecular flexibility index (Phi) is 7.96. The number of methoxy groups -OCH3 is 1. The topological polar surface area (TPSA) is 104 Å². The summed E-state index contributed by atoms with van der Waals surface area (Å²) in [6, 6.07) is 28.9. The molecular weight excluding hydrogens is 568 g/mol. The fraction of sp³-hybridized carbons (Fsp3) is 0.162. The first kappa shape index (κ1) is 29.4. The van der Waals surface area contributed by atoms with Crippen molar-refractivity contribution in [1.29, 1.82) is 0 Å². The predicted molar refractivity (Wildman–Crippen MR) is 175 cm³/mol. The molecule has 0 radical (unpaired) electrons. The summed E-state index contributed by atoms with van der Waals surface area (Å²) in [5, 5.41) is 9.11. The SMILES string of the molecule is CCn1c2ccc(C(=O)/C(CCC(=O)OC)=N\OC(C)=O)cc2c2cc(C(=O)c3c4ccccc4cc4ccccc34)ccc21. The van der Waals surface area contributed by atoms with Gasteiger partial charge < -0.3 is 14.1 Å². The van der Waals surface area contributed by atoms with Crippen molar-refractivity contribution >= 4 is 72.6 Å². The number of carbonyl (C=O) groups excluding carboxylic acids is 4. The van der Waals surface area contributed by atoms with Crippen LogP contribution >= 0.6 is 0 Å². The molecule has 8 heteroatoms. The number of rotatable bonds is 9. The number of fused-ring (bicyclic) bond motifs is 5. The van der Waals surface area contributed by atoms with Crippen LogP contribution in [0.5, 0.6) is 0 Å². The summed E-state index contributed by atoms with van der Waals surface area (Å²) in [5.41, 5.74) is 3.24. The van der Waals surface area contributed by atoms with Gasteiger partial charge in [0.25, 0.3) is 0 Å². The normalized spacial score (nSPS) is 11.8. The zero-order valence-electron chi connectivity index (χ0n) is 25.1. The summed E-state index contributed by atoms with van der Waals surface area (Å²) in [5.74, 6) is -1.77. The minimum Gasteiger partial charge on any atom is -0.469 e. The van der Waals surface area contributed by atoms with E-state index in [1.54, 1.807) is 12.1 Å². The first-order chi connectivity index (χ1) is 21.8. The molecule has 6 rings (SSSR count). The molecule has 0 aliphatic heterocycles. The van der Waals surface area contributed by atoms with E-state index in [0.29, 0.717) is 23.2 Å². The maximum Gasteiger partial charge on any atom is 0.331 e. The molecule has 0 spiro atoms. The molecule has 1 heterocycles. The first-order valence-corrected chi connectivity index (χ1v) is 14.7. The highest BCUT2D eigenvalue weighted by Crippen LogP contribution is 2.34. The van der Waals surface area contributed by atoms with Crippen LogP contribution in [0.3, 0.4) is 0 Å². The highest BCUT2D eigenvalue weighted by molar-refractivity contribution is 6.46. The van der Waals surface area contributed by atoms with Gasteiger partial charge in [0.2, 0.25) is 5.78 Å². The van der Waals surface area contributed by atoms with Crippen molar-refractivity contribution in [3.05, 3.63) is 108 Å². The number of Topliss-reactive ketones (excluding diaryl/α,β-unsaturated/α-hetero) is 1. The second-order valence-corrected chi connectivity index (χ2v) is 10.8. The van der Waals surface area contributed by atoms with E-state index in [-0.39, 0.29) is 24.3 Å². The average Bonchev–Trinajstić information content (AvgIpc) is 3.38. The Bertz CT molecular complexity index is 2150.